The van der Waals surface area contributed by atoms with Crippen LogP contribution >= 0.6 is 0 Å². The summed E-state index contributed by atoms with van der Waals surface area (Å²) in [7, 11) is 2.13. The van der Waals surface area contributed by atoms with E-state index in [2.05, 4.69) is 92.3 Å². The molecule has 3 heteroatoms. The zero-order chi connectivity index (χ0) is 25.5. The maximum atomic E-state index is 6.80. The van der Waals surface area contributed by atoms with Crippen molar-refractivity contribution in [2.75, 3.05) is 0 Å². The number of aromatic nitrogens is 1. The normalized spacial score (nSPS) is 14.7. The van der Waals surface area contributed by atoms with Crippen molar-refractivity contribution in [3.63, 3.8) is 0 Å². The van der Waals surface area contributed by atoms with Crippen molar-refractivity contribution in [2.24, 2.45) is 7.05 Å². The van der Waals surface area contributed by atoms with Gasteiger partial charge in [-0.15, -0.1) is 0 Å². The van der Waals surface area contributed by atoms with Crippen LogP contribution < -0.4 is 4.57 Å². The third kappa shape index (κ3) is 2.93. The summed E-state index contributed by atoms with van der Waals surface area (Å²) >= 11 is 0. The summed E-state index contributed by atoms with van der Waals surface area (Å²) in [5.74, 6) is 0.607. The number of para-hydroxylation sites is 2. The van der Waals surface area contributed by atoms with Gasteiger partial charge in [-0.1, -0.05) is 49.2 Å². The molecule has 1 aliphatic rings. The van der Waals surface area contributed by atoms with Crippen LogP contribution in [0.25, 0.3) is 65.9 Å². The second kappa shape index (κ2) is 7.94. The van der Waals surface area contributed by atoms with Crippen molar-refractivity contribution in [3.05, 3.63) is 89.6 Å². The van der Waals surface area contributed by atoms with Gasteiger partial charge in [0.25, 0.3) is 0 Å². The Bertz CT molecular complexity index is 2070. The van der Waals surface area contributed by atoms with Crippen molar-refractivity contribution < 1.29 is 13.4 Å². The molecule has 1 aliphatic carbocycles. The highest BCUT2D eigenvalue weighted by atomic mass is 16.3. The first kappa shape index (κ1) is 21.9. The van der Waals surface area contributed by atoms with Crippen LogP contribution in [0.2, 0.25) is 0 Å². The van der Waals surface area contributed by atoms with Crippen LogP contribution in [0.4, 0.5) is 0 Å². The summed E-state index contributed by atoms with van der Waals surface area (Å²) in [5, 5.41) is 7.08. The lowest BCUT2D eigenvalue weighted by Crippen LogP contribution is -2.30. The predicted octanol–water partition coefficient (Wildman–Crippen LogP) is 9.40. The van der Waals surface area contributed by atoms with E-state index in [1.54, 1.807) is 0 Å². The van der Waals surface area contributed by atoms with Gasteiger partial charge in [0, 0.05) is 33.0 Å². The number of furan rings is 2. The van der Waals surface area contributed by atoms with E-state index in [4.69, 9.17) is 8.83 Å². The van der Waals surface area contributed by atoms with Gasteiger partial charge in [0.15, 0.2) is 6.20 Å². The number of fused-ring (bicyclic) bond motifs is 8. The van der Waals surface area contributed by atoms with Gasteiger partial charge in [-0.25, -0.2) is 4.57 Å². The van der Waals surface area contributed by atoms with Crippen LogP contribution in [0.3, 0.4) is 0 Å². The monoisotopic (exact) mass is 496 g/mol. The highest BCUT2D eigenvalue weighted by Crippen LogP contribution is 2.44. The highest BCUT2D eigenvalue weighted by Gasteiger charge is 2.27. The number of hydrogen-bond acceptors (Lipinski definition) is 2. The summed E-state index contributed by atoms with van der Waals surface area (Å²) < 4.78 is 15.6. The average molecular weight is 497 g/mol. The summed E-state index contributed by atoms with van der Waals surface area (Å²) in [6, 6.07) is 24.1. The fourth-order valence-electron chi connectivity index (χ4n) is 6.97. The van der Waals surface area contributed by atoms with Crippen molar-refractivity contribution in [1.82, 2.24) is 0 Å². The van der Waals surface area contributed by atoms with E-state index in [0.717, 1.165) is 44.4 Å². The number of rotatable bonds is 2. The smallest absolute Gasteiger partial charge is 0.224 e. The number of pyridine rings is 1. The van der Waals surface area contributed by atoms with Crippen LogP contribution in [-0.4, -0.2) is 0 Å². The van der Waals surface area contributed by atoms with Gasteiger partial charge in [-0.2, -0.15) is 0 Å². The Hall–Kier alpha value is -4.11. The molecule has 0 saturated heterocycles. The third-order valence-electron chi connectivity index (χ3n) is 9.03. The van der Waals surface area contributed by atoms with Gasteiger partial charge >= 0.3 is 0 Å². The SMILES string of the molecule is Cc1cc2c(oc3ccccc32)c(-c2c3ccc4c5cccc(C6CCCC6)c5oc4c3cc[n+]2C)c1C. The number of nitrogens with zero attached hydrogens (tertiary/aromatic N) is 1. The Morgan fingerprint density at radius 3 is 2.29 bits per heavy atom. The van der Waals surface area contributed by atoms with Gasteiger partial charge in [0.1, 0.15) is 29.4 Å². The maximum absolute atomic E-state index is 6.80. The minimum Gasteiger partial charge on any atom is -0.455 e. The molecule has 3 nitrogen and oxygen atoms in total. The number of aryl methyl sites for hydroxylation is 2. The quantitative estimate of drug-likeness (QED) is 0.223. The fraction of sp³-hybridized carbons (Fsp3) is 0.229. The summed E-state index contributed by atoms with van der Waals surface area (Å²) in [4.78, 5) is 0. The standard InChI is InChI=1S/C35H30NO2/c1-20-19-29-24-11-6-7-14-30(24)37-35(29)31(21(20)2)32-25-15-16-27-26-13-8-12-23(22-9-4-5-10-22)33(26)38-34(27)28(25)17-18-36(32)3/h6-8,11-19,22H,4-5,9-10H2,1-3H3/q+1. The van der Waals surface area contributed by atoms with E-state index in [0.29, 0.717) is 5.92 Å². The van der Waals surface area contributed by atoms with Crippen molar-refractivity contribution >= 4 is 54.6 Å². The van der Waals surface area contributed by atoms with Gasteiger partial charge in [0.2, 0.25) is 5.69 Å². The predicted molar refractivity (Wildman–Crippen MR) is 156 cm³/mol. The van der Waals surface area contributed by atoms with E-state index in [1.165, 1.54) is 63.9 Å². The van der Waals surface area contributed by atoms with Crippen LogP contribution in [-0.2, 0) is 7.05 Å². The van der Waals surface area contributed by atoms with E-state index in [1.807, 2.05) is 6.07 Å². The Labute approximate surface area is 221 Å². The molecule has 8 rings (SSSR count). The molecule has 186 valence electrons. The minimum atomic E-state index is 0.607. The second-order valence-corrected chi connectivity index (χ2v) is 11.2. The van der Waals surface area contributed by atoms with Crippen LogP contribution in [0.15, 0.2) is 81.8 Å². The minimum absolute atomic E-state index is 0.607. The highest BCUT2D eigenvalue weighted by molar-refractivity contribution is 6.18. The number of benzene rings is 4. The van der Waals surface area contributed by atoms with E-state index in [9.17, 15) is 0 Å². The maximum Gasteiger partial charge on any atom is 0.224 e. The molecule has 0 spiro atoms. The first-order valence-electron chi connectivity index (χ1n) is 13.8. The topological polar surface area (TPSA) is 30.2 Å². The molecule has 1 fully saturated rings. The van der Waals surface area contributed by atoms with Gasteiger partial charge in [0.05, 0.1) is 10.9 Å². The molecule has 0 N–H and O–H groups in total. The Morgan fingerprint density at radius 2 is 1.42 bits per heavy atom. The van der Waals surface area contributed by atoms with Crippen molar-refractivity contribution in [2.45, 2.75) is 45.4 Å². The Morgan fingerprint density at radius 1 is 0.684 bits per heavy atom. The largest absolute Gasteiger partial charge is 0.455 e. The Kier molecular flexibility index (Phi) is 4.58. The average Bonchev–Trinajstić information content (AvgIpc) is 3.67. The third-order valence-corrected chi connectivity index (χ3v) is 9.03. The van der Waals surface area contributed by atoms with E-state index < -0.39 is 0 Å². The molecule has 0 radical (unpaired) electrons. The van der Waals surface area contributed by atoms with Crippen molar-refractivity contribution in [3.8, 4) is 11.3 Å². The molecular formula is C35H30NO2+. The molecule has 7 aromatic rings. The molecule has 0 amide bonds. The molecule has 0 unspecified atom stereocenters. The number of hydrogen-bond donors (Lipinski definition) is 0. The summed E-state index contributed by atoms with van der Waals surface area (Å²) in [6.07, 6.45) is 7.32. The van der Waals surface area contributed by atoms with Crippen molar-refractivity contribution in [1.29, 1.82) is 0 Å². The zero-order valence-electron chi connectivity index (χ0n) is 22.1. The van der Waals surface area contributed by atoms with Gasteiger partial charge in [-0.3, -0.25) is 0 Å². The fourth-order valence-corrected chi connectivity index (χ4v) is 6.97. The molecule has 0 aliphatic heterocycles. The zero-order valence-corrected chi connectivity index (χ0v) is 22.1. The summed E-state index contributed by atoms with van der Waals surface area (Å²) in [5.41, 5.74) is 10.1. The van der Waals surface area contributed by atoms with E-state index in [-0.39, 0.29) is 0 Å². The van der Waals surface area contributed by atoms with Crippen LogP contribution in [0, 0.1) is 13.8 Å². The molecule has 3 heterocycles. The first-order valence-corrected chi connectivity index (χ1v) is 13.8. The molecule has 1 saturated carbocycles. The molecule has 3 aromatic heterocycles. The molecule has 38 heavy (non-hydrogen) atoms. The van der Waals surface area contributed by atoms with Gasteiger partial charge < -0.3 is 8.83 Å². The molecule has 0 bridgehead atoms. The van der Waals surface area contributed by atoms with Gasteiger partial charge in [-0.05, 0) is 73.6 Å². The molecular weight excluding hydrogens is 466 g/mol. The first-order chi connectivity index (χ1) is 18.6. The van der Waals surface area contributed by atoms with Crippen LogP contribution in [0.5, 0.6) is 0 Å². The lowest BCUT2D eigenvalue weighted by Gasteiger charge is -2.11. The molecule has 4 aromatic carbocycles. The molecule has 0 atom stereocenters. The van der Waals surface area contributed by atoms with Crippen LogP contribution in [0.1, 0.15) is 48.3 Å². The lowest BCUT2D eigenvalue weighted by atomic mass is 9.93. The lowest BCUT2D eigenvalue weighted by molar-refractivity contribution is -0.659. The summed E-state index contributed by atoms with van der Waals surface area (Å²) in [6.45, 7) is 4.41. The van der Waals surface area contributed by atoms with E-state index >= 15 is 0 Å². The Balaban J connectivity index is 1.47. The second-order valence-electron chi connectivity index (χ2n) is 11.2.